The van der Waals surface area contributed by atoms with E-state index in [1.54, 1.807) is 30.2 Å². The van der Waals surface area contributed by atoms with Gasteiger partial charge in [-0.05, 0) is 36.6 Å². The van der Waals surface area contributed by atoms with E-state index in [0.717, 1.165) is 11.0 Å². The molecule has 8 heteroatoms. The molecule has 2 aromatic carbocycles. The molecule has 0 aliphatic carbocycles. The number of rotatable bonds is 6. The van der Waals surface area contributed by atoms with E-state index in [1.807, 2.05) is 48.7 Å². The van der Waals surface area contributed by atoms with Gasteiger partial charge < -0.3 is 19.9 Å². The first-order valence-electron chi connectivity index (χ1n) is 10.4. The fourth-order valence-electron chi connectivity index (χ4n) is 3.84. The molecule has 0 bridgehead atoms. The molecule has 2 heterocycles. The molecule has 3 amide bonds. The fraction of sp³-hybridized carbons (Fsp3) is 0.348. The number of carbonyl (C=O) groups is 2. The number of para-hydroxylation sites is 2. The molecule has 0 fully saturated rings. The number of nitrogens with zero attached hydrogens (tertiary/aromatic N) is 3. The Morgan fingerprint density at radius 2 is 1.94 bits per heavy atom. The third-order valence-corrected chi connectivity index (χ3v) is 5.33. The Morgan fingerprint density at radius 3 is 2.71 bits per heavy atom. The number of imidazole rings is 1. The Kier molecular flexibility index (Phi) is 5.79. The number of hydrogen-bond acceptors (Lipinski definition) is 4. The number of hydrogen-bond donors (Lipinski definition) is 2. The standard InChI is InChI=1S/C23H27N5O3/c1-15(2)13-19(21(29)24-16-7-6-8-17(14-16)31-3)26-23(30)28-12-11-27-20-10-5-4-9-18(20)25-22(27)28/h4-10,14-15,19H,11-13H2,1-3H3,(H,24,29)(H,26,30). The van der Waals surface area contributed by atoms with Crippen LogP contribution in [0.5, 0.6) is 5.75 Å². The first-order chi connectivity index (χ1) is 15.0. The van der Waals surface area contributed by atoms with Crippen LogP contribution in [0.3, 0.4) is 0 Å². The molecule has 1 atom stereocenters. The highest BCUT2D eigenvalue weighted by atomic mass is 16.5. The van der Waals surface area contributed by atoms with Crippen LogP contribution in [0.25, 0.3) is 11.0 Å². The predicted octanol–water partition coefficient (Wildman–Crippen LogP) is 3.63. The van der Waals surface area contributed by atoms with Crippen molar-refractivity contribution >= 4 is 34.6 Å². The van der Waals surface area contributed by atoms with Gasteiger partial charge in [0, 0.05) is 24.8 Å². The highest BCUT2D eigenvalue weighted by Gasteiger charge is 2.31. The summed E-state index contributed by atoms with van der Waals surface area (Å²) >= 11 is 0. The zero-order chi connectivity index (χ0) is 22.0. The Hall–Kier alpha value is -3.55. The molecule has 3 aromatic rings. The maximum absolute atomic E-state index is 13.1. The average molecular weight is 422 g/mol. The van der Waals surface area contributed by atoms with Crippen molar-refractivity contribution in [1.82, 2.24) is 14.9 Å². The normalized spacial score (nSPS) is 13.9. The van der Waals surface area contributed by atoms with E-state index in [-0.39, 0.29) is 17.9 Å². The first kappa shape index (κ1) is 20.7. The van der Waals surface area contributed by atoms with Gasteiger partial charge in [-0.25, -0.2) is 9.78 Å². The summed E-state index contributed by atoms with van der Waals surface area (Å²) in [7, 11) is 1.58. The van der Waals surface area contributed by atoms with Gasteiger partial charge in [-0.2, -0.15) is 0 Å². The van der Waals surface area contributed by atoms with Gasteiger partial charge in [0.25, 0.3) is 0 Å². The average Bonchev–Trinajstić information content (AvgIpc) is 3.32. The Bertz CT molecular complexity index is 1110. The van der Waals surface area contributed by atoms with Crippen molar-refractivity contribution in [2.45, 2.75) is 32.9 Å². The SMILES string of the molecule is COc1cccc(NC(=O)C(CC(C)C)NC(=O)N2CCn3c2nc2ccccc23)c1. The number of ether oxygens (including phenoxy) is 1. The third-order valence-electron chi connectivity index (χ3n) is 5.33. The largest absolute Gasteiger partial charge is 0.497 e. The molecule has 8 nitrogen and oxygen atoms in total. The van der Waals surface area contributed by atoms with Crippen LogP contribution in [0, 0.1) is 5.92 Å². The third kappa shape index (κ3) is 4.33. The summed E-state index contributed by atoms with van der Waals surface area (Å²) in [6, 6.07) is 14.0. The minimum absolute atomic E-state index is 0.226. The van der Waals surface area contributed by atoms with Crippen molar-refractivity contribution in [3.8, 4) is 5.75 Å². The molecule has 0 saturated heterocycles. The Morgan fingerprint density at radius 1 is 1.13 bits per heavy atom. The lowest BCUT2D eigenvalue weighted by molar-refractivity contribution is -0.118. The first-order valence-corrected chi connectivity index (χ1v) is 10.4. The second-order valence-electron chi connectivity index (χ2n) is 8.06. The molecule has 1 aliphatic heterocycles. The molecule has 2 N–H and O–H groups in total. The summed E-state index contributed by atoms with van der Waals surface area (Å²) in [5.74, 6) is 1.22. The molecule has 0 radical (unpaired) electrons. The van der Waals surface area contributed by atoms with Crippen LogP contribution in [0.4, 0.5) is 16.4 Å². The van der Waals surface area contributed by atoms with Crippen LogP contribution in [-0.2, 0) is 11.3 Å². The van der Waals surface area contributed by atoms with Crippen molar-refractivity contribution in [3.63, 3.8) is 0 Å². The number of methoxy groups -OCH3 is 1. The molecule has 1 aromatic heterocycles. The molecule has 1 aliphatic rings. The number of aromatic nitrogens is 2. The maximum Gasteiger partial charge on any atom is 0.324 e. The van der Waals surface area contributed by atoms with E-state index in [0.29, 0.717) is 36.9 Å². The second-order valence-corrected chi connectivity index (χ2v) is 8.06. The van der Waals surface area contributed by atoms with Gasteiger partial charge in [0.2, 0.25) is 11.9 Å². The van der Waals surface area contributed by atoms with Crippen LogP contribution >= 0.6 is 0 Å². The van der Waals surface area contributed by atoms with E-state index >= 15 is 0 Å². The maximum atomic E-state index is 13.1. The molecular formula is C23H27N5O3. The van der Waals surface area contributed by atoms with Crippen LogP contribution < -0.4 is 20.3 Å². The zero-order valence-electron chi connectivity index (χ0n) is 18.0. The van der Waals surface area contributed by atoms with Gasteiger partial charge in [-0.1, -0.05) is 32.0 Å². The van der Waals surface area contributed by atoms with Gasteiger partial charge in [0.1, 0.15) is 11.8 Å². The Labute approximate surface area is 181 Å². The summed E-state index contributed by atoms with van der Waals surface area (Å²) in [5, 5.41) is 5.80. The molecular weight excluding hydrogens is 394 g/mol. The second kappa shape index (κ2) is 8.67. The van der Waals surface area contributed by atoms with Crippen molar-refractivity contribution < 1.29 is 14.3 Å². The van der Waals surface area contributed by atoms with Gasteiger partial charge in [-0.3, -0.25) is 9.69 Å². The fourth-order valence-corrected chi connectivity index (χ4v) is 3.84. The smallest absolute Gasteiger partial charge is 0.324 e. The quantitative estimate of drug-likeness (QED) is 0.636. The molecule has 4 rings (SSSR count). The summed E-state index contributed by atoms with van der Waals surface area (Å²) < 4.78 is 7.25. The molecule has 162 valence electrons. The molecule has 31 heavy (non-hydrogen) atoms. The van der Waals surface area contributed by atoms with Crippen LogP contribution in [0.1, 0.15) is 20.3 Å². The van der Waals surface area contributed by atoms with Gasteiger partial charge in [0.05, 0.1) is 18.1 Å². The predicted molar refractivity (Wildman–Crippen MR) is 120 cm³/mol. The van der Waals surface area contributed by atoms with E-state index < -0.39 is 6.04 Å². The minimum atomic E-state index is -0.669. The zero-order valence-corrected chi connectivity index (χ0v) is 18.0. The minimum Gasteiger partial charge on any atom is -0.497 e. The van der Waals surface area contributed by atoms with E-state index in [2.05, 4.69) is 15.6 Å². The van der Waals surface area contributed by atoms with Crippen molar-refractivity contribution in [2.75, 3.05) is 23.9 Å². The van der Waals surface area contributed by atoms with Crippen LogP contribution in [0.2, 0.25) is 0 Å². The number of carbonyl (C=O) groups excluding carboxylic acids is 2. The lowest BCUT2D eigenvalue weighted by Gasteiger charge is -2.23. The topological polar surface area (TPSA) is 88.5 Å². The van der Waals surface area contributed by atoms with E-state index in [1.165, 1.54) is 0 Å². The summed E-state index contributed by atoms with van der Waals surface area (Å²) in [6.07, 6.45) is 0.520. The number of fused-ring (bicyclic) bond motifs is 3. The van der Waals surface area contributed by atoms with E-state index in [9.17, 15) is 9.59 Å². The summed E-state index contributed by atoms with van der Waals surface area (Å²) in [4.78, 5) is 32.3. The van der Waals surface area contributed by atoms with Gasteiger partial charge >= 0.3 is 6.03 Å². The molecule has 0 saturated carbocycles. The van der Waals surface area contributed by atoms with Gasteiger partial charge in [0.15, 0.2) is 0 Å². The number of benzene rings is 2. The number of anilines is 2. The molecule has 1 unspecified atom stereocenters. The Balaban J connectivity index is 1.50. The lowest BCUT2D eigenvalue weighted by Crippen LogP contribution is -2.50. The summed E-state index contributed by atoms with van der Waals surface area (Å²) in [5.41, 5.74) is 2.47. The van der Waals surface area contributed by atoms with Gasteiger partial charge in [-0.15, -0.1) is 0 Å². The van der Waals surface area contributed by atoms with Crippen molar-refractivity contribution in [2.24, 2.45) is 5.92 Å². The van der Waals surface area contributed by atoms with Crippen LogP contribution in [0.15, 0.2) is 48.5 Å². The van der Waals surface area contributed by atoms with Crippen molar-refractivity contribution in [1.29, 1.82) is 0 Å². The monoisotopic (exact) mass is 421 g/mol. The summed E-state index contributed by atoms with van der Waals surface area (Å²) in [6.45, 7) is 5.24. The van der Waals surface area contributed by atoms with E-state index in [4.69, 9.17) is 4.74 Å². The highest BCUT2D eigenvalue weighted by molar-refractivity contribution is 6.00. The highest BCUT2D eigenvalue weighted by Crippen LogP contribution is 2.27. The van der Waals surface area contributed by atoms with Crippen molar-refractivity contribution in [3.05, 3.63) is 48.5 Å². The van der Waals surface area contributed by atoms with Crippen LogP contribution in [-0.4, -0.2) is 41.2 Å². The number of amides is 3. The lowest BCUT2D eigenvalue weighted by atomic mass is 10.0. The molecule has 0 spiro atoms. The number of urea groups is 1. The number of nitrogens with one attached hydrogen (secondary N) is 2.